The fraction of sp³-hybridized carbons (Fsp3) is 0.250. The largest absolute Gasteiger partial charge is 0.326 e. The molecule has 1 saturated carbocycles. The molecule has 25 heavy (non-hydrogen) atoms. The molecule has 0 saturated heterocycles. The average molecular weight is 336 g/mol. The van der Waals surface area contributed by atoms with Crippen molar-refractivity contribution in [3.8, 4) is 0 Å². The van der Waals surface area contributed by atoms with Gasteiger partial charge in [0.25, 0.3) is 0 Å². The second-order valence-corrected chi connectivity index (χ2v) is 6.38. The van der Waals surface area contributed by atoms with Gasteiger partial charge in [0.15, 0.2) is 5.78 Å². The Kier molecular flexibility index (Phi) is 4.65. The lowest BCUT2D eigenvalue weighted by Gasteiger charge is -2.08. The van der Waals surface area contributed by atoms with E-state index < -0.39 is 0 Å². The molecule has 2 aromatic carbocycles. The van der Waals surface area contributed by atoms with Crippen LogP contribution >= 0.6 is 0 Å². The average Bonchev–Trinajstić information content (AvgIpc) is 3.38. The number of hydrogen-bond donors (Lipinski definition) is 2. The molecule has 0 aromatic heterocycles. The third-order valence-electron chi connectivity index (χ3n) is 4.40. The van der Waals surface area contributed by atoms with E-state index in [2.05, 4.69) is 10.6 Å². The third-order valence-corrected chi connectivity index (χ3v) is 4.40. The molecule has 2 amide bonds. The zero-order valence-corrected chi connectivity index (χ0v) is 14.2. The number of amides is 2. The van der Waals surface area contributed by atoms with Crippen LogP contribution in [0, 0.1) is 18.8 Å². The molecule has 0 heterocycles. The first-order chi connectivity index (χ1) is 12.0. The van der Waals surface area contributed by atoms with Gasteiger partial charge in [-0.3, -0.25) is 14.4 Å². The van der Waals surface area contributed by atoms with Gasteiger partial charge in [-0.1, -0.05) is 30.3 Å². The van der Waals surface area contributed by atoms with E-state index in [1.807, 2.05) is 31.2 Å². The summed E-state index contributed by atoms with van der Waals surface area (Å²) in [4.78, 5) is 36.0. The number of carbonyl (C=O) groups is 3. The Labute approximate surface area is 146 Å². The van der Waals surface area contributed by atoms with E-state index in [1.54, 1.807) is 24.3 Å². The van der Waals surface area contributed by atoms with Gasteiger partial charge in [-0.05, 0) is 44.0 Å². The van der Waals surface area contributed by atoms with Crippen LogP contribution in [0.2, 0.25) is 0 Å². The van der Waals surface area contributed by atoms with E-state index in [0.717, 1.165) is 11.3 Å². The highest BCUT2D eigenvalue weighted by Gasteiger charge is 2.48. The van der Waals surface area contributed by atoms with Crippen LogP contribution in [0.1, 0.15) is 29.3 Å². The molecule has 0 radical (unpaired) electrons. The molecule has 0 spiro atoms. The van der Waals surface area contributed by atoms with Crippen molar-refractivity contribution in [2.75, 3.05) is 10.6 Å². The topological polar surface area (TPSA) is 75.3 Å². The van der Waals surface area contributed by atoms with E-state index in [0.29, 0.717) is 17.7 Å². The summed E-state index contributed by atoms with van der Waals surface area (Å²) in [5.74, 6) is -1.02. The summed E-state index contributed by atoms with van der Waals surface area (Å²) in [6.45, 7) is 3.41. The molecule has 2 N–H and O–H groups in total. The second-order valence-electron chi connectivity index (χ2n) is 6.38. The van der Waals surface area contributed by atoms with Crippen molar-refractivity contribution in [2.24, 2.45) is 11.8 Å². The van der Waals surface area contributed by atoms with Crippen molar-refractivity contribution in [3.05, 3.63) is 59.7 Å². The number of hydrogen-bond acceptors (Lipinski definition) is 3. The smallest absolute Gasteiger partial charge is 0.228 e. The standard InChI is InChI=1S/C20H20N2O3/c1-12-6-3-4-9-18(12)22-20(25)17-11-16(17)19(24)21-15-8-5-7-14(10-15)13(2)23/h3-10,16-17H,11H2,1-2H3,(H,21,24)(H,22,25). The number of para-hydroxylation sites is 1. The van der Waals surface area contributed by atoms with Crippen LogP contribution in [-0.2, 0) is 9.59 Å². The lowest BCUT2D eigenvalue weighted by molar-refractivity contribution is -0.122. The minimum absolute atomic E-state index is 0.0574. The first-order valence-corrected chi connectivity index (χ1v) is 8.24. The SMILES string of the molecule is CC(=O)c1cccc(NC(=O)C2CC2C(=O)Nc2ccccc2C)c1. The number of ketones is 1. The van der Waals surface area contributed by atoms with E-state index in [4.69, 9.17) is 0 Å². The normalized spacial score (nSPS) is 18.3. The lowest BCUT2D eigenvalue weighted by Crippen LogP contribution is -2.21. The van der Waals surface area contributed by atoms with Crippen molar-refractivity contribution < 1.29 is 14.4 Å². The Morgan fingerprint density at radius 2 is 1.60 bits per heavy atom. The summed E-state index contributed by atoms with van der Waals surface area (Å²) in [5, 5.41) is 5.67. The van der Waals surface area contributed by atoms with Crippen LogP contribution in [-0.4, -0.2) is 17.6 Å². The molecule has 0 bridgehead atoms. The van der Waals surface area contributed by atoms with Crippen molar-refractivity contribution >= 4 is 29.0 Å². The maximum absolute atomic E-state index is 12.3. The quantitative estimate of drug-likeness (QED) is 0.822. The van der Waals surface area contributed by atoms with Gasteiger partial charge in [0, 0.05) is 16.9 Å². The maximum atomic E-state index is 12.3. The number of aryl methyl sites for hydroxylation is 1. The minimum Gasteiger partial charge on any atom is -0.326 e. The molecule has 1 aliphatic carbocycles. The highest BCUT2D eigenvalue weighted by molar-refractivity contribution is 6.04. The highest BCUT2D eigenvalue weighted by Crippen LogP contribution is 2.40. The number of anilines is 2. The van der Waals surface area contributed by atoms with Crippen LogP contribution in [0.4, 0.5) is 11.4 Å². The van der Waals surface area contributed by atoms with Gasteiger partial charge in [-0.25, -0.2) is 0 Å². The van der Waals surface area contributed by atoms with Crippen LogP contribution in [0.25, 0.3) is 0 Å². The Bertz CT molecular complexity index is 844. The lowest BCUT2D eigenvalue weighted by atomic mass is 10.1. The van der Waals surface area contributed by atoms with E-state index >= 15 is 0 Å². The molecule has 0 aliphatic heterocycles. The number of nitrogens with one attached hydrogen (secondary N) is 2. The van der Waals surface area contributed by atoms with Crippen molar-refractivity contribution in [1.82, 2.24) is 0 Å². The van der Waals surface area contributed by atoms with Crippen molar-refractivity contribution in [3.63, 3.8) is 0 Å². The van der Waals surface area contributed by atoms with Gasteiger partial charge >= 0.3 is 0 Å². The Hall–Kier alpha value is -2.95. The van der Waals surface area contributed by atoms with Crippen LogP contribution in [0.15, 0.2) is 48.5 Å². The number of Topliss-reactive ketones (excluding diaryl/α,β-unsaturated/α-hetero) is 1. The maximum Gasteiger partial charge on any atom is 0.228 e. The predicted octanol–water partition coefficient (Wildman–Crippen LogP) is 3.41. The molecular weight excluding hydrogens is 316 g/mol. The van der Waals surface area contributed by atoms with Crippen LogP contribution < -0.4 is 10.6 Å². The third kappa shape index (κ3) is 3.94. The summed E-state index contributed by atoms with van der Waals surface area (Å²) in [6, 6.07) is 14.3. The van der Waals surface area contributed by atoms with Gasteiger partial charge < -0.3 is 10.6 Å². The zero-order chi connectivity index (χ0) is 18.0. The Balaban J connectivity index is 1.59. The van der Waals surface area contributed by atoms with Gasteiger partial charge in [0.2, 0.25) is 11.8 Å². The fourth-order valence-electron chi connectivity index (χ4n) is 2.76. The Morgan fingerprint density at radius 1 is 0.920 bits per heavy atom. The minimum atomic E-state index is -0.329. The second kappa shape index (κ2) is 6.89. The van der Waals surface area contributed by atoms with Gasteiger partial charge in [0.05, 0.1) is 11.8 Å². The Morgan fingerprint density at radius 3 is 2.28 bits per heavy atom. The zero-order valence-electron chi connectivity index (χ0n) is 14.2. The number of rotatable bonds is 5. The molecule has 2 unspecified atom stereocenters. The monoisotopic (exact) mass is 336 g/mol. The highest BCUT2D eigenvalue weighted by atomic mass is 16.2. The molecule has 2 atom stereocenters. The summed E-state index contributed by atoms with van der Waals surface area (Å²) in [7, 11) is 0. The molecule has 2 aromatic rings. The predicted molar refractivity (Wildman–Crippen MR) is 96.5 cm³/mol. The molecule has 1 aliphatic rings. The van der Waals surface area contributed by atoms with Crippen molar-refractivity contribution in [2.45, 2.75) is 20.3 Å². The van der Waals surface area contributed by atoms with Gasteiger partial charge in [-0.15, -0.1) is 0 Å². The van der Waals surface area contributed by atoms with E-state index in [9.17, 15) is 14.4 Å². The molecule has 5 heteroatoms. The van der Waals surface area contributed by atoms with Crippen LogP contribution in [0.3, 0.4) is 0 Å². The molecule has 128 valence electrons. The fourth-order valence-corrected chi connectivity index (χ4v) is 2.76. The summed E-state index contributed by atoms with van der Waals surface area (Å²) in [5.41, 5.74) is 2.87. The number of carbonyl (C=O) groups excluding carboxylic acids is 3. The molecular formula is C20H20N2O3. The summed E-state index contributed by atoms with van der Waals surface area (Å²) >= 11 is 0. The van der Waals surface area contributed by atoms with Gasteiger partial charge in [-0.2, -0.15) is 0 Å². The van der Waals surface area contributed by atoms with E-state index in [1.165, 1.54) is 6.92 Å². The molecule has 1 fully saturated rings. The molecule has 3 rings (SSSR count). The molecule has 5 nitrogen and oxygen atoms in total. The number of benzene rings is 2. The first-order valence-electron chi connectivity index (χ1n) is 8.24. The van der Waals surface area contributed by atoms with Crippen LogP contribution in [0.5, 0.6) is 0 Å². The first kappa shape index (κ1) is 16.9. The summed E-state index contributed by atoms with van der Waals surface area (Å²) in [6.07, 6.45) is 0.538. The van der Waals surface area contributed by atoms with Crippen molar-refractivity contribution in [1.29, 1.82) is 0 Å². The van der Waals surface area contributed by atoms with E-state index in [-0.39, 0.29) is 29.4 Å². The summed E-state index contributed by atoms with van der Waals surface area (Å²) < 4.78 is 0. The van der Waals surface area contributed by atoms with Gasteiger partial charge in [0.1, 0.15) is 0 Å².